The minimum absolute atomic E-state index is 0.178. The highest BCUT2D eigenvalue weighted by Crippen LogP contribution is 2.13. The molecule has 16 heavy (non-hydrogen) atoms. The number of aromatic nitrogens is 2. The Bertz CT molecular complexity index is 511. The zero-order valence-electron chi connectivity index (χ0n) is 8.02. The highest BCUT2D eigenvalue weighted by atomic mass is 19.2. The molecule has 2 rings (SSSR count). The monoisotopic (exact) mass is 223 g/mol. The van der Waals surface area contributed by atoms with E-state index in [1.54, 1.807) is 0 Å². The lowest BCUT2D eigenvalue weighted by molar-refractivity contribution is 0.253. The Labute approximate surface area is 89.5 Å². The third-order valence-electron chi connectivity index (χ3n) is 1.91. The molecule has 2 aromatic rings. The van der Waals surface area contributed by atoms with Crippen LogP contribution in [-0.2, 0) is 0 Å². The van der Waals surface area contributed by atoms with Gasteiger partial charge in [0, 0.05) is 24.1 Å². The maximum absolute atomic E-state index is 12.8. The van der Waals surface area contributed by atoms with Gasteiger partial charge in [-0.1, -0.05) is 0 Å². The standard InChI is InChI=1S/C10H7F2N3O/c11-8-2-1-7(5-9(8)12)14-10(16)15-4-3-13-6-15/h1-6H,(H,14,16). The van der Waals surface area contributed by atoms with Crippen LogP contribution in [0.1, 0.15) is 0 Å². The number of amides is 1. The number of imidazole rings is 1. The number of halogens is 2. The van der Waals surface area contributed by atoms with Crippen LogP contribution in [-0.4, -0.2) is 15.6 Å². The van der Waals surface area contributed by atoms with Gasteiger partial charge in [0.25, 0.3) is 0 Å². The third kappa shape index (κ3) is 2.05. The van der Waals surface area contributed by atoms with Crippen LogP contribution in [0.3, 0.4) is 0 Å². The Morgan fingerprint density at radius 1 is 1.31 bits per heavy atom. The first-order valence-electron chi connectivity index (χ1n) is 4.41. The summed E-state index contributed by atoms with van der Waals surface area (Å²) in [7, 11) is 0. The molecule has 1 aromatic carbocycles. The first-order valence-corrected chi connectivity index (χ1v) is 4.41. The molecule has 1 amide bonds. The van der Waals surface area contributed by atoms with Gasteiger partial charge in [0.1, 0.15) is 6.33 Å². The van der Waals surface area contributed by atoms with Crippen LogP contribution in [0, 0.1) is 11.6 Å². The van der Waals surface area contributed by atoms with E-state index in [0.717, 1.165) is 12.1 Å². The molecule has 0 aliphatic heterocycles. The molecule has 0 saturated heterocycles. The van der Waals surface area contributed by atoms with Gasteiger partial charge >= 0.3 is 6.03 Å². The number of nitrogens with zero attached hydrogens (tertiary/aromatic N) is 2. The van der Waals surface area contributed by atoms with Gasteiger partial charge < -0.3 is 5.32 Å². The van der Waals surface area contributed by atoms with Gasteiger partial charge in [0.15, 0.2) is 11.6 Å². The van der Waals surface area contributed by atoms with Crippen molar-refractivity contribution in [1.82, 2.24) is 9.55 Å². The second-order valence-electron chi connectivity index (χ2n) is 3.03. The fourth-order valence-corrected chi connectivity index (χ4v) is 1.14. The zero-order valence-corrected chi connectivity index (χ0v) is 8.02. The van der Waals surface area contributed by atoms with Crippen molar-refractivity contribution in [2.24, 2.45) is 0 Å². The van der Waals surface area contributed by atoms with Gasteiger partial charge in [-0.05, 0) is 12.1 Å². The topological polar surface area (TPSA) is 46.9 Å². The molecule has 4 nitrogen and oxygen atoms in total. The molecule has 0 unspecified atom stereocenters. The number of hydrogen-bond acceptors (Lipinski definition) is 2. The van der Waals surface area contributed by atoms with Crippen molar-refractivity contribution in [3.05, 3.63) is 48.6 Å². The molecule has 0 saturated carbocycles. The molecule has 0 radical (unpaired) electrons. The normalized spacial score (nSPS) is 10.1. The number of hydrogen-bond donors (Lipinski definition) is 1. The van der Waals surface area contributed by atoms with Gasteiger partial charge in [-0.3, -0.25) is 4.57 Å². The predicted octanol–water partition coefficient (Wildman–Crippen LogP) is 2.24. The predicted molar refractivity (Wildman–Crippen MR) is 53.0 cm³/mol. The van der Waals surface area contributed by atoms with E-state index in [1.165, 1.54) is 29.4 Å². The number of rotatable bonds is 1. The molecule has 1 aromatic heterocycles. The summed E-state index contributed by atoms with van der Waals surface area (Å²) in [6, 6.07) is 2.62. The number of nitrogens with one attached hydrogen (secondary N) is 1. The van der Waals surface area contributed by atoms with Crippen LogP contribution < -0.4 is 5.32 Å². The minimum atomic E-state index is -1.01. The van der Waals surface area contributed by atoms with Crippen molar-refractivity contribution in [1.29, 1.82) is 0 Å². The molecule has 6 heteroatoms. The molecule has 82 valence electrons. The van der Waals surface area contributed by atoms with Crippen LogP contribution in [0.2, 0.25) is 0 Å². The van der Waals surface area contributed by atoms with Crippen LogP contribution >= 0.6 is 0 Å². The van der Waals surface area contributed by atoms with E-state index in [9.17, 15) is 13.6 Å². The quantitative estimate of drug-likeness (QED) is 0.805. The van der Waals surface area contributed by atoms with E-state index >= 15 is 0 Å². The molecule has 1 heterocycles. The lowest BCUT2D eigenvalue weighted by Gasteiger charge is -2.05. The molecule has 0 fully saturated rings. The lowest BCUT2D eigenvalue weighted by atomic mass is 10.3. The summed E-state index contributed by atoms with van der Waals surface area (Å²) in [5, 5.41) is 2.39. The summed E-state index contributed by atoms with van der Waals surface area (Å²) >= 11 is 0. The first-order chi connectivity index (χ1) is 7.66. The fraction of sp³-hybridized carbons (Fsp3) is 0. The molecule has 0 spiro atoms. The van der Waals surface area contributed by atoms with E-state index < -0.39 is 17.7 Å². The van der Waals surface area contributed by atoms with Crippen molar-refractivity contribution in [3.8, 4) is 0 Å². The van der Waals surface area contributed by atoms with E-state index in [0.29, 0.717) is 0 Å². The van der Waals surface area contributed by atoms with Gasteiger partial charge in [0.2, 0.25) is 0 Å². The molecule has 1 N–H and O–H groups in total. The van der Waals surface area contributed by atoms with Crippen molar-refractivity contribution >= 4 is 11.7 Å². The van der Waals surface area contributed by atoms with Crippen LogP contribution in [0.5, 0.6) is 0 Å². The minimum Gasteiger partial charge on any atom is -0.307 e. The Balaban J connectivity index is 2.15. The SMILES string of the molecule is O=C(Nc1ccc(F)c(F)c1)n1ccnc1. The van der Waals surface area contributed by atoms with Gasteiger partial charge in [-0.2, -0.15) is 0 Å². The second kappa shape index (κ2) is 4.09. The maximum atomic E-state index is 12.8. The summed E-state index contributed by atoms with van der Waals surface area (Å²) in [4.78, 5) is 15.2. The molecule has 0 aliphatic carbocycles. The highest BCUT2D eigenvalue weighted by molar-refractivity contribution is 5.90. The van der Waals surface area contributed by atoms with Gasteiger partial charge in [-0.25, -0.2) is 18.6 Å². The van der Waals surface area contributed by atoms with Crippen LogP contribution in [0.4, 0.5) is 19.3 Å². The summed E-state index contributed by atoms with van der Waals surface area (Å²) < 4.78 is 26.6. The second-order valence-corrected chi connectivity index (χ2v) is 3.03. The average molecular weight is 223 g/mol. The lowest BCUT2D eigenvalue weighted by Crippen LogP contribution is -2.17. The number of benzene rings is 1. The highest BCUT2D eigenvalue weighted by Gasteiger charge is 2.06. The number of carbonyl (C=O) groups excluding carboxylic acids is 1. The molecule has 0 atom stereocenters. The summed E-state index contributed by atoms with van der Waals surface area (Å²) in [6.45, 7) is 0. The molecular weight excluding hydrogens is 216 g/mol. The Hall–Kier alpha value is -2.24. The Kier molecular flexibility index (Phi) is 2.63. The van der Waals surface area contributed by atoms with Crippen LogP contribution in [0.25, 0.3) is 0 Å². The Morgan fingerprint density at radius 3 is 2.75 bits per heavy atom. The third-order valence-corrected chi connectivity index (χ3v) is 1.91. The Morgan fingerprint density at radius 2 is 2.12 bits per heavy atom. The van der Waals surface area contributed by atoms with E-state index in [2.05, 4.69) is 10.3 Å². The molecule has 0 bridgehead atoms. The fourth-order valence-electron chi connectivity index (χ4n) is 1.14. The maximum Gasteiger partial charge on any atom is 0.331 e. The number of anilines is 1. The zero-order chi connectivity index (χ0) is 11.5. The van der Waals surface area contributed by atoms with Crippen LogP contribution in [0.15, 0.2) is 36.9 Å². The summed E-state index contributed by atoms with van der Waals surface area (Å²) in [6.07, 6.45) is 4.18. The largest absolute Gasteiger partial charge is 0.331 e. The molecule has 0 aliphatic rings. The first kappa shape index (κ1) is 10.3. The summed E-state index contributed by atoms with van der Waals surface area (Å²) in [5.74, 6) is -1.97. The number of carbonyl (C=O) groups is 1. The van der Waals surface area contributed by atoms with Crippen molar-refractivity contribution in [3.63, 3.8) is 0 Å². The molecular formula is C10H7F2N3O. The smallest absolute Gasteiger partial charge is 0.307 e. The summed E-state index contributed by atoms with van der Waals surface area (Å²) in [5.41, 5.74) is 0.178. The van der Waals surface area contributed by atoms with E-state index in [-0.39, 0.29) is 5.69 Å². The van der Waals surface area contributed by atoms with Crippen molar-refractivity contribution in [2.45, 2.75) is 0 Å². The van der Waals surface area contributed by atoms with Crippen molar-refractivity contribution < 1.29 is 13.6 Å². The van der Waals surface area contributed by atoms with Gasteiger partial charge in [0.05, 0.1) is 0 Å². The average Bonchev–Trinajstić information content (AvgIpc) is 2.77. The van der Waals surface area contributed by atoms with Crippen molar-refractivity contribution in [2.75, 3.05) is 5.32 Å². The van der Waals surface area contributed by atoms with E-state index in [4.69, 9.17) is 0 Å². The van der Waals surface area contributed by atoms with Gasteiger partial charge in [-0.15, -0.1) is 0 Å². The van der Waals surface area contributed by atoms with E-state index in [1.807, 2.05) is 0 Å².